The number of carbonyl (C=O) groups is 1. The molecule has 2 aromatic carbocycles. The molecule has 7 heteroatoms. The van der Waals surface area contributed by atoms with E-state index in [0.717, 1.165) is 5.56 Å². The van der Waals surface area contributed by atoms with Gasteiger partial charge in [-0.3, -0.25) is 9.79 Å². The molecule has 1 amide bonds. The SMILES string of the molecule is CN=C(NCCNC(=O)c1cccc(OC)c1)N(C)Cc1cccc(F)c1. The van der Waals surface area contributed by atoms with E-state index in [2.05, 4.69) is 15.6 Å². The molecule has 27 heavy (non-hydrogen) atoms. The maximum Gasteiger partial charge on any atom is 0.251 e. The van der Waals surface area contributed by atoms with Crippen molar-refractivity contribution >= 4 is 11.9 Å². The summed E-state index contributed by atoms with van der Waals surface area (Å²) in [5, 5.41) is 6.02. The standard InChI is InChI=1S/C20H25FN4O2/c1-22-20(25(2)14-15-6-4-8-17(21)12-15)24-11-10-23-19(26)16-7-5-9-18(13-16)27-3/h4-9,12-13H,10-11,14H2,1-3H3,(H,22,24)(H,23,26). The smallest absolute Gasteiger partial charge is 0.251 e. The summed E-state index contributed by atoms with van der Waals surface area (Å²) in [6.45, 7) is 1.46. The van der Waals surface area contributed by atoms with Crippen LogP contribution in [0.25, 0.3) is 0 Å². The minimum Gasteiger partial charge on any atom is -0.497 e. The summed E-state index contributed by atoms with van der Waals surface area (Å²) in [7, 11) is 5.11. The lowest BCUT2D eigenvalue weighted by Crippen LogP contribution is -2.42. The Morgan fingerprint density at radius 2 is 1.89 bits per heavy atom. The van der Waals surface area contributed by atoms with Crippen molar-refractivity contribution in [3.05, 3.63) is 65.5 Å². The Balaban J connectivity index is 1.79. The van der Waals surface area contributed by atoms with Crippen molar-refractivity contribution < 1.29 is 13.9 Å². The molecule has 6 nitrogen and oxygen atoms in total. The molecule has 0 unspecified atom stereocenters. The molecule has 0 aliphatic heterocycles. The van der Waals surface area contributed by atoms with Gasteiger partial charge in [-0.15, -0.1) is 0 Å². The van der Waals surface area contributed by atoms with Gasteiger partial charge in [-0.25, -0.2) is 4.39 Å². The number of guanidine groups is 1. The number of carbonyl (C=O) groups excluding carboxylic acids is 1. The Morgan fingerprint density at radius 3 is 2.59 bits per heavy atom. The van der Waals surface area contributed by atoms with E-state index < -0.39 is 0 Å². The summed E-state index contributed by atoms with van der Waals surface area (Å²) in [5.41, 5.74) is 1.40. The van der Waals surface area contributed by atoms with E-state index in [4.69, 9.17) is 4.74 Å². The van der Waals surface area contributed by atoms with E-state index in [0.29, 0.717) is 36.9 Å². The van der Waals surface area contributed by atoms with Crippen LogP contribution in [0.2, 0.25) is 0 Å². The fraction of sp³-hybridized carbons (Fsp3) is 0.300. The molecule has 2 rings (SSSR count). The molecule has 0 heterocycles. The number of amides is 1. The third-order valence-electron chi connectivity index (χ3n) is 3.91. The van der Waals surface area contributed by atoms with E-state index in [1.807, 2.05) is 18.0 Å². The van der Waals surface area contributed by atoms with Gasteiger partial charge in [-0.05, 0) is 35.9 Å². The van der Waals surface area contributed by atoms with E-state index in [1.165, 1.54) is 12.1 Å². The molecule has 2 N–H and O–H groups in total. The van der Waals surface area contributed by atoms with Crippen LogP contribution in [0.1, 0.15) is 15.9 Å². The first-order chi connectivity index (χ1) is 13.0. The first kappa shape index (κ1) is 20.2. The van der Waals surface area contributed by atoms with Gasteiger partial charge in [0.05, 0.1) is 7.11 Å². The van der Waals surface area contributed by atoms with E-state index >= 15 is 0 Å². The second-order valence-corrected chi connectivity index (χ2v) is 5.95. The molecule has 0 spiro atoms. The van der Waals surface area contributed by atoms with Crippen molar-refractivity contribution in [3.63, 3.8) is 0 Å². The number of rotatable bonds is 7. The van der Waals surface area contributed by atoms with Crippen LogP contribution in [0.15, 0.2) is 53.5 Å². The average molecular weight is 372 g/mol. The van der Waals surface area contributed by atoms with Crippen LogP contribution in [0, 0.1) is 5.82 Å². The predicted molar refractivity (Wildman–Crippen MR) is 105 cm³/mol. The minimum absolute atomic E-state index is 0.168. The summed E-state index contributed by atoms with van der Waals surface area (Å²) >= 11 is 0. The number of hydrogen-bond donors (Lipinski definition) is 2. The molecule has 0 aliphatic carbocycles. The van der Waals surface area contributed by atoms with Crippen molar-refractivity contribution in [1.82, 2.24) is 15.5 Å². The van der Waals surface area contributed by atoms with E-state index in [-0.39, 0.29) is 11.7 Å². The number of hydrogen-bond acceptors (Lipinski definition) is 3. The lowest BCUT2D eigenvalue weighted by molar-refractivity contribution is 0.0954. The molecule has 0 radical (unpaired) electrons. The highest BCUT2D eigenvalue weighted by Crippen LogP contribution is 2.12. The molecule has 0 fully saturated rings. The first-order valence-corrected chi connectivity index (χ1v) is 8.62. The highest BCUT2D eigenvalue weighted by atomic mass is 19.1. The third-order valence-corrected chi connectivity index (χ3v) is 3.91. The topological polar surface area (TPSA) is 66.0 Å². The van der Waals surface area contributed by atoms with Crippen LogP contribution in [0.5, 0.6) is 5.75 Å². The first-order valence-electron chi connectivity index (χ1n) is 8.62. The lowest BCUT2D eigenvalue weighted by Gasteiger charge is -2.22. The van der Waals surface area contributed by atoms with E-state index in [9.17, 15) is 9.18 Å². The zero-order valence-corrected chi connectivity index (χ0v) is 15.8. The van der Waals surface area contributed by atoms with Crippen molar-refractivity contribution in [1.29, 1.82) is 0 Å². The Bertz CT molecular complexity index is 795. The second-order valence-electron chi connectivity index (χ2n) is 5.95. The number of aliphatic imine (C=N–C) groups is 1. The highest BCUT2D eigenvalue weighted by Gasteiger charge is 2.08. The van der Waals surface area contributed by atoms with Crippen LogP contribution in [-0.4, -0.2) is 51.1 Å². The Hall–Kier alpha value is -3.09. The molecular weight excluding hydrogens is 347 g/mol. The van der Waals surface area contributed by atoms with E-state index in [1.54, 1.807) is 44.5 Å². The van der Waals surface area contributed by atoms with Gasteiger partial charge in [0.1, 0.15) is 11.6 Å². The van der Waals surface area contributed by atoms with Gasteiger partial charge < -0.3 is 20.3 Å². The zero-order valence-electron chi connectivity index (χ0n) is 15.8. The lowest BCUT2D eigenvalue weighted by atomic mass is 10.2. The Kier molecular flexibility index (Phi) is 7.61. The van der Waals surface area contributed by atoms with Crippen LogP contribution in [0.4, 0.5) is 4.39 Å². The summed E-state index contributed by atoms with van der Waals surface area (Å²) in [5.74, 6) is 0.873. The Labute approximate surface area is 159 Å². The fourth-order valence-electron chi connectivity index (χ4n) is 2.59. The Morgan fingerprint density at radius 1 is 1.15 bits per heavy atom. The van der Waals surface area contributed by atoms with Crippen LogP contribution in [-0.2, 0) is 6.54 Å². The maximum absolute atomic E-state index is 13.3. The van der Waals surface area contributed by atoms with Gasteiger partial charge in [0.2, 0.25) is 0 Å². The normalized spacial score (nSPS) is 11.0. The molecular formula is C20H25FN4O2. The maximum atomic E-state index is 13.3. The minimum atomic E-state index is -0.260. The van der Waals surface area contributed by atoms with Crippen LogP contribution in [0.3, 0.4) is 0 Å². The second kappa shape index (κ2) is 10.2. The number of benzene rings is 2. The summed E-state index contributed by atoms with van der Waals surface area (Å²) in [6.07, 6.45) is 0. The summed E-state index contributed by atoms with van der Waals surface area (Å²) in [6, 6.07) is 13.4. The van der Waals surface area contributed by atoms with Crippen molar-refractivity contribution in [2.75, 3.05) is 34.3 Å². The van der Waals surface area contributed by atoms with Gasteiger partial charge in [0.25, 0.3) is 5.91 Å². The molecule has 0 saturated heterocycles. The quantitative estimate of drug-likeness (QED) is 0.445. The molecule has 2 aromatic rings. The molecule has 144 valence electrons. The number of methoxy groups -OCH3 is 1. The number of halogens is 1. The van der Waals surface area contributed by atoms with Gasteiger partial charge in [0.15, 0.2) is 5.96 Å². The van der Waals surface area contributed by atoms with Crippen LogP contribution < -0.4 is 15.4 Å². The van der Waals surface area contributed by atoms with Crippen molar-refractivity contribution in [3.8, 4) is 5.75 Å². The number of nitrogens with one attached hydrogen (secondary N) is 2. The predicted octanol–water partition coefficient (Wildman–Crippen LogP) is 2.27. The number of nitrogens with zero attached hydrogens (tertiary/aromatic N) is 2. The monoisotopic (exact) mass is 372 g/mol. The molecule has 0 bridgehead atoms. The van der Waals surface area contributed by atoms with Crippen molar-refractivity contribution in [2.45, 2.75) is 6.54 Å². The number of ether oxygens (including phenoxy) is 1. The van der Waals surface area contributed by atoms with Gasteiger partial charge in [-0.2, -0.15) is 0 Å². The molecule has 0 aliphatic rings. The zero-order chi connectivity index (χ0) is 19.6. The largest absolute Gasteiger partial charge is 0.497 e. The average Bonchev–Trinajstić information content (AvgIpc) is 2.67. The van der Waals surface area contributed by atoms with Crippen molar-refractivity contribution in [2.24, 2.45) is 4.99 Å². The fourth-order valence-corrected chi connectivity index (χ4v) is 2.59. The molecule has 0 saturated carbocycles. The van der Waals surface area contributed by atoms with Crippen LogP contribution >= 0.6 is 0 Å². The van der Waals surface area contributed by atoms with Gasteiger partial charge >= 0.3 is 0 Å². The summed E-state index contributed by atoms with van der Waals surface area (Å²) in [4.78, 5) is 18.3. The van der Waals surface area contributed by atoms with Gasteiger partial charge in [-0.1, -0.05) is 18.2 Å². The van der Waals surface area contributed by atoms with Gasteiger partial charge in [0, 0.05) is 39.3 Å². The highest BCUT2D eigenvalue weighted by molar-refractivity contribution is 5.94. The summed E-state index contributed by atoms with van der Waals surface area (Å²) < 4.78 is 18.4. The molecule has 0 aromatic heterocycles. The third kappa shape index (κ3) is 6.29. The molecule has 0 atom stereocenters.